The first kappa shape index (κ1) is 9.83. The maximum absolute atomic E-state index is 4.35. The van der Waals surface area contributed by atoms with Gasteiger partial charge in [0.25, 0.3) is 0 Å². The highest BCUT2D eigenvalue weighted by molar-refractivity contribution is 5.84. The molecule has 0 atom stereocenters. The van der Waals surface area contributed by atoms with Crippen LogP contribution in [-0.2, 0) is 0 Å². The number of anilines is 1. The Morgan fingerprint density at radius 1 is 1.13 bits per heavy atom. The van der Waals surface area contributed by atoms with Crippen LogP contribution in [0, 0.1) is 0 Å². The van der Waals surface area contributed by atoms with Crippen molar-refractivity contribution in [3.05, 3.63) is 24.7 Å². The summed E-state index contributed by atoms with van der Waals surface area (Å²) in [6.45, 7) is 3.12. The summed E-state index contributed by atoms with van der Waals surface area (Å²) in [6.07, 6.45) is 6.27. The van der Waals surface area contributed by atoms with Crippen LogP contribution in [0.3, 0.4) is 0 Å². The molecule has 4 nitrogen and oxygen atoms in total. The zero-order valence-electron chi connectivity index (χ0n) is 9.01. The van der Waals surface area contributed by atoms with E-state index in [1.807, 2.05) is 13.1 Å². The first-order chi connectivity index (χ1) is 7.33. The van der Waals surface area contributed by atoms with Gasteiger partial charge < -0.3 is 4.90 Å². The van der Waals surface area contributed by atoms with Crippen LogP contribution in [0.25, 0.3) is 11.0 Å². The van der Waals surface area contributed by atoms with Crippen molar-refractivity contribution in [1.82, 2.24) is 15.0 Å². The van der Waals surface area contributed by atoms with E-state index in [9.17, 15) is 0 Å². The molecule has 0 spiro atoms. The van der Waals surface area contributed by atoms with Gasteiger partial charge in [0.15, 0.2) is 5.82 Å². The first-order valence-corrected chi connectivity index (χ1v) is 5.09. The molecule has 78 valence electrons. The van der Waals surface area contributed by atoms with Gasteiger partial charge in [0.1, 0.15) is 5.52 Å². The number of fused-ring (bicyclic) bond motifs is 1. The molecule has 0 N–H and O–H groups in total. The molecule has 0 saturated heterocycles. The van der Waals surface area contributed by atoms with Crippen molar-refractivity contribution in [3.8, 4) is 0 Å². The lowest BCUT2D eigenvalue weighted by Gasteiger charge is -2.17. The van der Waals surface area contributed by atoms with Gasteiger partial charge in [-0.3, -0.25) is 4.98 Å². The Kier molecular flexibility index (Phi) is 2.76. The van der Waals surface area contributed by atoms with Gasteiger partial charge >= 0.3 is 0 Å². The molecule has 0 aliphatic carbocycles. The fourth-order valence-corrected chi connectivity index (χ4v) is 1.60. The standard InChI is InChI=1S/C11H14N4/c1-3-8-15(2)11-10-9(4-5-14-11)12-6-7-13-10/h4-7H,3,8H2,1-2H3. The highest BCUT2D eigenvalue weighted by Gasteiger charge is 2.07. The van der Waals surface area contributed by atoms with E-state index in [1.54, 1.807) is 18.6 Å². The summed E-state index contributed by atoms with van der Waals surface area (Å²) in [5.74, 6) is 0.905. The normalized spacial score (nSPS) is 10.5. The van der Waals surface area contributed by atoms with Gasteiger partial charge in [-0.15, -0.1) is 0 Å². The minimum atomic E-state index is 0.871. The maximum Gasteiger partial charge on any atom is 0.156 e. The van der Waals surface area contributed by atoms with Gasteiger partial charge in [-0.2, -0.15) is 0 Å². The lowest BCUT2D eigenvalue weighted by molar-refractivity contribution is 0.840. The molecule has 0 saturated carbocycles. The van der Waals surface area contributed by atoms with E-state index in [1.165, 1.54) is 0 Å². The topological polar surface area (TPSA) is 41.9 Å². The molecule has 0 bridgehead atoms. The Labute approximate surface area is 89.0 Å². The highest BCUT2D eigenvalue weighted by Crippen LogP contribution is 2.18. The molecule has 0 unspecified atom stereocenters. The van der Waals surface area contributed by atoms with Crippen molar-refractivity contribution >= 4 is 16.9 Å². The Hall–Kier alpha value is -1.71. The number of hydrogen-bond donors (Lipinski definition) is 0. The van der Waals surface area contributed by atoms with E-state index >= 15 is 0 Å². The van der Waals surface area contributed by atoms with Crippen molar-refractivity contribution < 1.29 is 0 Å². The molecule has 0 fully saturated rings. The van der Waals surface area contributed by atoms with Crippen LogP contribution in [0.15, 0.2) is 24.7 Å². The molecule has 2 aromatic heterocycles. The monoisotopic (exact) mass is 202 g/mol. The highest BCUT2D eigenvalue weighted by atomic mass is 15.2. The van der Waals surface area contributed by atoms with E-state index in [0.717, 1.165) is 29.8 Å². The average molecular weight is 202 g/mol. The Morgan fingerprint density at radius 3 is 2.73 bits per heavy atom. The SMILES string of the molecule is CCCN(C)c1nccc2nccnc12. The minimum Gasteiger partial charge on any atom is -0.358 e. The van der Waals surface area contributed by atoms with Gasteiger partial charge in [-0.25, -0.2) is 9.97 Å². The summed E-state index contributed by atoms with van der Waals surface area (Å²) < 4.78 is 0. The second-order valence-electron chi connectivity index (χ2n) is 3.48. The van der Waals surface area contributed by atoms with Crippen LogP contribution in [0.1, 0.15) is 13.3 Å². The molecule has 2 heterocycles. The fraction of sp³-hybridized carbons (Fsp3) is 0.364. The van der Waals surface area contributed by atoms with Crippen molar-refractivity contribution in [3.63, 3.8) is 0 Å². The van der Waals surface area contributed by atoms with Crippen LogP contribution in [-0.4, -0.2) is 28.5 Å². The van der Waals surface area contributed by atoms with Crippen LogP contribution in [0.2, 0.25) is 0 Å². The van der Waals surface area contributed by atoms with Crippen LogP contribution < -0.4 is 4.90 Å². The zero-order chi connectivity index (χ0) is 10.7. The van der Waals surface area contributed by atoms with Gasteiger partial charge in [-0.1, -0.05) is 6.92 Å². The molecule has 0 aliphatic rings. The van der Waals surface area contributed by atoms with Crippen LogP contribution in [0.4, 0.5) is 5.82 Å². The Morgan fingerprint density at radius 2 is 1.93 bits per heavy atom. The average Bonchev–Trinajstić information content (AvgIpc) is 2.28. The third kappa shape index (κ3) is 1.88. The van der Waals surface area contributed by atoms with E-state index in [-0.39, 0.29) is 0 Å². The Balaban J connectivity index is 2.50. The van der Waals surface area contributed by atoms with Crippen molar-refractivity contribution in [2.24, 2.45) is 0 Å². The molecule has 15 heavy (non-hydrogen) atoms. The summed E-state index contributed by atoms with van der Waals surface area (Å²) in [6, 6.07) is 1.88. The summed E-state index contributed by atoms with van der Waals surface area (Å²) in [5.41, 5.74) is 1.77. The van der Waals surface area contributed by atoms with E-state index in [2.05, 4.69) is 26.8 Å². The van der Waals surface area contributed by atoms with Gasteiger partial charge in [0, 0.05) is 32.2 Å². The van der Waals surface area contributed by atoms with E-state index < -0.39 is 0 Å². The molecule has 0 amide bonds. The molecular weight excluding hydrogens is 188 g/mol. The third-order valence-corrected chi connectivity index (χ3v) is 2.29. The molecular formula is C11H14N4. The number of nitrogens with zero attached hydrogens (tertiary/aromatic N) is 4. The summed E-state index contributed by atoms with van der Waals surface area (Å²) >= 11 is 0. The fourth-order valence-electron chi connectivity index (χ4n) is 1.60. The Bertz CT molecular complexity index is 450. The quantitative estimate of drug-likeness (QED) is 0.762. The van der Waals surface area contributed by atoms with Crippen LogP contribution >= 0.6 is 0 Å². The first-order valence-electron chi connectivity index (χ1n) is 5.09. The van der Waals surface area contributed by atoms with Gasteiger partial charge in [-0.05, 0) is 12.5 Å². The van der Waals surface area contributed by atoms with Crippen molar-refractivity contribution in [1.29, 1.82) is 0 Å². The number of pyridine rings is 1. The lowest BCUT2D eigenvalue weighted by Crippen LogP contribution is -2.19. The second-order valence-corrected chi connectivity index (χ2v) is 3.48. The molecule has 0 aromatic carbocycles. The summed E-state index contributed by atoms with van der Waals surface area (Å²) in [7, 11) is 2.03. The van der Waals surface area contributed by atoms with Gasteiger partial charge in [0.2, 0.25) is 0 Å². The number of rotatable bonds is 3. The van der Waals surface area contributed by atoms with Crippen molar-refractivity contribution in [2.45, 2.75) is 13.3 Å². The zero-order valence-corrected chi connectivity index (χ0v) is 9.01. The number of hydrogen-bond acceptors (Lipinski definition) is 4. The molecule has 0 aliphatic heterocycles. The smallest absolute Gasteiger partial charge is 0.156 e. The van der Waals surface area contributed by atoms with Crippen molar-refractivity contribution in [2.75, 3.05) is 18.5 Å². The van der Waals surface area contributed by atoms with E-state index in [4.69, 9.17) is 0 Å². The summed E-state index contributed by atoms with van der Waals surface area (Å²) in [5, 5.41) is 0. The van der Waals surface area contributed by atoms with Crippen LogP contribution in [0.5, 0.6) is 0 Å². The third-order valence-electron chi connectivity index (χ3n) is 2.29. The van der Waals surface area contributed by atoms with Gasteiger partial charge in [0.05, 0.1) is 5.52 Å². The second kappa shape index (κ2) is 4.21. The molecule has 2 aromatic rings. The predicted octanol–water partition coefficient (Wildman–Crippen LogP) is 1.87. The largest absolute Gasteiger partial charge is 0.358 e. The van der Waals surface area contributed by atoms with E-state index in [0.29, 0.717) is 0 Å². The number of aromatic nitrogens is 3. The lowest BCUT2D eigenvalue weighted by atomic mass is 10.3. The molecule has 4 heteroatoms. The minimum absolute atomic E-state index is 0.871. The predicted molar refractivity (Wildman–Crippen MR) is 60.9 cm³/mol. The maximum atomic E-state index is 4.35. The molecule has 0 radical (unpaired) electrons. The summed E-state index contributed by atoms with van der Waals surface area (Å²) in [4.78, 5) is 15.0. The molecule has 2 rings (SSSR count).